The highest BCUT2D eigenvalue weighted by Crippen LogP contribution is 2.31. The fourth-order valence-electron chi connectivity index (χ4n) is 3.83. The number of hydrogen-bond acceptors (Lipinski definition) is 8. The molecule has 1 atom stereocenters. The molecule has 4 aromatic rings. The number of methoxy groups -OCH3 is 1. The number of fused-ring (bicyclic) bond motifs is 3. The van der Waals surface area contributed by atoms with E-state index in [4.69, 9.17) is 15.5 Å². The molecular formula is C19H20N8O. The van der Waals surface area contributed by atoms with Gasteiger partial charge in [-0.2, -0.15) is 4.52 Å². The molecule has 0 spiro atoms. The van der Waals surface area contributed by atoms with E-state index in [9.17, 15) is 0 Å². The van der Waals surface area contributed by atoms with Gasteiger partial charge in [-0.3, -0.25) is 4.98 Å². The van der Waals surface area contributed by atoms with Crippen LogP contribution in [0, 0.1) is 0 Å². The van der Waals surface area contributed by atoms with E-state index in [1.807, 2.05) is 18.2 Å². The molecule has 3 aromatic heterocycles. The fourth-order valence-corrected chi connectivity index (χ4v) is 3.83. The third kappa shape index (κ3) is 2.67. The van der Waals surface area contributed by atoms with Gasteiger partial charge < -0.3 is 15.4 Å². The van der Waals surface area contributed by atoms with E-state index in [0.29, 0.717) is 22.9 Å². The SMILES string of the molecule is COc1cccc2c1nc(N)n1nc([C@@H]3CCCN(c4cnccn4)C3)nc21. The minimum atomic E-state index is 0.190. The minimum absolute atomic E-state index is 0.190. The second-order valence-corrected chi connectivity index (χ2v) is 6.88. The molecule has 1 fully saturated rings. The second kappa shape index (κ2) is 6.59. The summed E-state index contributed by atoms with van der Waals surface area (Å²) in [7, 11) is 1.62. The lowest BCUT2D eigenvalue weighted by atomic mass is 9.97. The lowest BCUT2D eigenvalue weighted by Gasteiger charge is -2.31. The number of ether oxygens (including phenoxy) is 1. The first-order valence-electron chi connectivity index (χ1n) is 9.24. The maximum absolute atomic E-state index is 6.17. The zero-order valence-corrected chi connectivity index (χ0v) is 15.5. The smallest absolute Gasteiger partial charge is 0.223 e. The Kier molecular flexibility index (Phi) is 3.92. The molecule has 0 unspecified atom stereocenters. The molecule has 1 saturated heterocycles. The summed E-state index contributed by atoms with van der Waals surface area (Å²) in [4.78, 5) is 20.2. The van der Waals surface area contributed by atoms with E-state index < -0.39 is 0 Å². The minimum Gasteiger partial charge on any atom is -0.494 e. The van der Waals surface area contributed by atoms with Crippen molar-refractivity contribution in [2.45, 2.75) is 18.8 Å². The van der Waals surface area contributed by atoms with Gasteiger partial charge in [-0.05, 0) is 25.0 Å². The number of piperidine rings is 1. The number of rotatable bonds is 3. The lowest BCUT2D eigenvalue weighted by Crippen LogP contribution is -2.35. The van der Waals surface area contributed by atoms with Crippen molar-refractivity contribution in [2.75, 3.05) is 30.8 Å². The number of aromatic nitrogens is 6. The Hall–Kier alpha value is -3.49. The number of hydrogen-bond donors (Lipinski definition) is 1. The maximum Gasteiger partial charge on any atom is 0.223 e. The molecule has 0 bridgehead atoms. The van der Waals surface area contributed by atoms with E-state index in [0.717, 1.165) is 43.0 Å². The molecule has 2 N–H and O–H groups in total. The largest absolute Gasteiger partial charge is 0.494 e. The van der Waals surface area contributed by atoms with Crippen molar-refractivity contribution in [1.82, 2.24) is 29.5 Å². The van der Waals surface area contributed by atoms with Crippen molar-refractivity contribution in [3.63, 3.8) is 0 Å². The Bertz CT molecular complexity index is 1140. The zero-order chi connectivity index (χ0) is 19.1. The van der Waals surface area contributed by atoms with Crippen LogP contribution in [0.2, 0.25) is 0 Å². The van der Waals surface area contributed by atoms with Crippen LogP contribution in [0.5, 0.6) is 5.75 Å². The first-order chi connectivity index (χ1) is 13.7. The van der Waals surface area contributed by atoms with E-state index in [2.05, 4.69) is 25.0 Å². The first-order valence-corrected chi connectivity index (χ1v) is 9.24. The van der Waals surface area contributed by atoms with Crippen LogP contribution in [0.3, 0.4) is 0 Å². The molecule has 0 amide bonds. The molecule has 9 nitrogen and oxygen atoms in total. The molecular weight excluding hydrogens is 356 g/mol. The van der Waals surface area contributed by atoms with Gasteiger partial charge in [-0.15, -0.1) is 5.10 Å². The van der Waals surface area contributed by atoms with Gasteiger partial charge in [0.05, 0.1) is 13.3 Å². The van der Waals surface area contributed by atoms with Gasteiger partial charge in [0.15, 0.2) is 11.5 Å². The van der Waals surface area contributed by atoms with Crippen LogP contribution >= 0.6 is 0 Å². The lowest BCUT2D eigenvalue weighted by molar-refractivity contribution is 0.419. The van der Waals surface area contributed by atoms with Crippen LogP contribution in [0.1, 0.15) is 24.6 Å². The summed E-state index contributed by atoms with van der Waals surface area (Å²) < 4.78 is 7.05. The van der Waals surface area contributed by atoms with Crippen molar-refractivity contribution in [3.05, 3.63) is 42.6 Å². The Labute approximate surface area is 161 Å². The van der Waals surface area contributed by atoms with Crippen LogP contribution in [0.4, 0.5) is 11.8 Å². The average molecular weight is 376 g/mol. The number of para-hydroxylation sites is 1. The van der Waals surface area contributed by atoms with Gasteiger partial charge in [0.2, 0.25) is 5.95 Å². The molecule has 4 heterocycles. The summed E-state index contributed by atoms with van der Waals surface area (Å²) in [5, 5.41) is 5.55. The summed E-state index contributed by atoms with van der Waals surface area (Å²) in [6.07, 6.45) is 7.25. The average Bonchev–Trinajstić information content (AvgIpc) is 3.21. The molecule has 142 valence electrons. The third-order valence-corrected chi connectivity index (χ3v) is 5.19. The molecule has 0 saturated carbocycles. The van der Waals surface area contributed by atoms with Crippen molar-refractivity contribution >= 4 is 28.3 Å². The summed E-state index contributed by atoms with van der Waals surface area (Å²) in [6, 6.07) is 5.75. The molecule has 5 rings (SSSR count). The summed E-state index contributed by atoms with van der Waals surface area (Å²) in [6.45, 7) is 1.75. The molecule has 0 radical (unpaired) electrons. The van der Waals surface area contributed by atoms with Crippen molar-refractivity contribution < 1.29 is 4.74 Å². The Morgan fingerprint density at radius 1 is 1.21 bits per heavy atom. The first kappa shape index (κ1) is 16.7. The van der Waals surface area contributed by atoms with Crippen LogP contribution in [-0.4, -0.2) is 49.7 Å². The van der Waals surface area contributed by atoms with Gasteiger partial charge in [0.25, 0.3) is 0 Å². The Morgan fingerprint density at radius 2 is 2.14 bits per heavy atom. The number of anilines is 2. The van der Waals surface area contributed by atoms with Gasteiger partial charge in [-0.25, -0.2) is 15.0 Å². The predicted octanol–water partition coefficient (Wildman–Crippen LogP) is 2.04. The van der Waals surface area contributed by atoms with Crippen molar-refractivity contribution in [1.29, 1.82) is 0 Å². The van der Waals surface area contributed by atoms with E-state index in [1.54, 1.807) is 30.2 Å². The summed E-state index contributed by atoms with van der Waals surface area (Å²) >= 11 is 0. The molecule has 1 aromatic carbocycles. The van der Waals surface area contributed by atoms with Crippen molar-refractivity contribution in [2.24, 2.45) is 0 Å². The van der Waals surface area contributed by atoms with Crippen LogP contribution in [0.25, 0.3) is 16.6 Å². The Balaban J connectivity index is 1.56. The van der Waals surface area contributed by atoms with E-state index in [1.165, 1.54) is 0 Å². The van der Waals surface area contributed by atoms with Crippen LogP contribution in [0.15, 0.2) is 36.8 Å². The highest BCUT2D eigenvalue weighted by atomic mass is 16.5. The highest BCUT2D eigenvalue weighted by Gasteiger charge is 2.26. The molecule has 28 heavy (non-hydrogen) atoms. The van der Waals surface area contributed by atoms with Crippen molar-refractivity contribution in [3.8, 4) is 5.75 Å². The van der Waals surface area contributed by atoms with Crippen LogP contribution in [-0.2, 0) is 0 Å². The quantitative estimate of drug-likeness (QED) is 0.579. The van der Waals surface area contributed by atoms with Gasteiger partial charge >= 0.3 is 0 Å². The van der Waals surface area contributed by atoms with Crippen LogP contribution < -0.4 is 15.4 Å². The van der Waals surface area contributed by atoms with Gasteiger partial charge in [0.1, 0.15) is 17.1 Å². The summed E-state index contributed by atoms with van der Waals surface area (Å²) in [5.41, 5.74) is 7.57. The molecule has 0 aliphatic carbocycles. The molecule has 1 aliphatic heterocycles. The zero-order valence-electron chi connectivity index (χ0n) is 15.5. The van der Waals surface area contributed by atoms with E-state index >= 15 is 0 Å². The predicted molar refractivity (Wildman–Crippen MR) is 105 cm³/mol. The summed E-state index contributed by atoms with van der Waals surface area (Å²) in [5.74, 6) is 2.82. The second-order valence-electron chi connectivity index (χ2n) is 6.88. The third-order valence-electron chi connectivity index (χ3n) is 5.19. The number of nitrogen functional groups attached to an aromatic ring is 1. The number of nitrogens with zero attached hydrogens (tertiary/aromatic N) is 7. The monoisotopic (exact) mass is 376 g/mol. The van der Waals surface area contributed by atoms with Gasteiger partial charge in [0, 0.05) is 36.8 Å². The molecule has 1 aliphatic rings. The topological polar surface area (TPSA) is 107 Å². The van der Waals surface area contributed by atoms with Gasteiger partial charge in [-0.1, -0.05) is 6.07 Å². The molecule has 9 heteroatoms. The standard InChI is InChI=1S/C19H20N8O/c1-28-14-6-2-5-13-16(14)23-19(20)27-18(13)24-17(25-27)12-4-3-9-26(11-12)15-10-21-7-8-22-15/h2,5-8,10,12H,3-4,9,11H2,1H3,(H2,20,23)/t12-/m1/s1. The number of benzene rings is 1. The number of nitrogens with two attached hydrogens (primary N) is 1. The highest BCUT2D eigenvalue weighted by molar-refractivity contribution is 5.95. The Morgan fingerprint density at radius 3 is 2.96 bits per heavy atom. The normalized spacial score (nSPS) is 17.3. The fraction of sp³-hybridized carbons (Fsp3) is 0.316. The van der Waals surface area contributed by atoms with E-state index in [-0.39, 0.29) is 5.92 Å². The maximum atomic E-state index is 6.17.